The van der Waals surface area contributed by atoms with Crippen molar-refractivity contribution in [3.05, 3.63) is 63.7 Å². The fraction of sp³-hybridized carbons (Fsp3) is 0.133. The summed E-state index contributed by atoms with van der Waals surface area (Å²) >= 11 is 0. The normalized spacial score (nSPS) is 10.0. The number of carbonyl (C=O) groups is 1. The fourth-order valence-corrected chi connectivity index (χ4v) is 1.81. The Hall–Kier alpha value is -2.89. The van der Waals surface area contributed by atoms with Gasteiger partial charge in [0.2, 0.25) is 0 Å². The van der Waals surface area contributed by atoms with Gasteiger partial charge in [-0.25, -0.2) is 4.79 Å². The Morgan fingerprint density at radius 3 is 2.24 bits per heavy atom. The Labute approximate surface area is 121 Å². The zero-order valence-electron chi connectivity index (χ0n) is 11.5. The molecule has 108 valence electrons. The van der Waals surface area contributed by atoms with Crippen molar-refractivity contribution in [2.75, 3.05) is 7.11 Å². The monoisotopic (exact) mass is 287 g/mol. The van der Waals surface area contributed by atoms with Gasteiger partial charge in [0.25, 0.3) is 5.69 Å². The van der Waals surface area contributed by atoms with Gasteiger partial charge in [-0.05, 0) is 43.3 Å². The van der Waals surface area contributed by atoms with Crippen molar-refractivity contribution in [1.82, 2.24) is 0 Å². The van der Waals surface area contributed by atoms with Crippen LogP contribution in [-0.4, -0.2) is 18.0 Å². The van der Waals surface area contributed by atoms with Crippen LogP contribution in [-0.2, 0) is 4.74 Å². The van der Waals surface area contributed by atoms with Gasteiger partial charge >= 0.3 is 5.97 Å². The number of rotatable bonds is 4. The molecule has 2 aromatic rings. The summed E-state index contributed by atoms with van der Waals surface area (Å²) in [5.74, 6) is 0.590. The molecule has 0 atom stereocenters. The summed E-state index contributed by atoms with van der Waals surface area (Å²) in [4.78, 5) is 21.6. The van der Waals surface area contributed by atoms with E-state index in [1.165, 1.54) is 19.2 Å². The van der Waals surface area contributed by atoms with Crippen molar-refractivity contribution in [2.24, 2.45) is 0 Å². The number of nitrogens with zero attached hydrogens (tertiary/aromatic N) is 1. The maximum atomic E-state index is 11.3. The Morgan fingerprint density at radius 2 is 1.71 bits per heavy atom. The second-order valence-corrected chi connectivity index (χ2v) is 4.32. The third kappa shape index (κ3) is 3.36. The first-order valence-corrected chi connectivity index (χ1v) is 6.12. The Morgan fingerprint density at radius 1 is 1.10 bits per heavy atom. The number of methoxy groups -OCH3 is 1. The van der Waals surface area contributed by atoms with Crippen molar-refractivity contribution in [3.8, 4) is 11.5 Å². The molecule has 0 radical (unpaired) electrons. The van der Waals surface area contributed by atoms with Crippen LogP contribution in [0, 0.1) is 17.0 Å². The maximum absolute atomic E-state index is 11.3. The second kappa shape index (κ2) is 6.04. The van der Waals surface area contributed by atoms with Gasteiger partial charge in [-0.2, -0.15) is 0 Å². The highest BCUT2D eigenvalue weighted by Crippen LogP contribution is 2.27. The molecular formula is C15H13NO5. The maximum Gasteiger partial charge on any atom is 0.337 e. The molecule has 0 saturated heterocycles. The van der Waals surface area contributed by atoms with Crippen LogP contribution >= 0.6 is 0 Å². The van der Waals surface area contributed by atoms with E-state index in [1.807, 2.05) is 0 Å². The molecule has 0 N–H and O–H groups in total. The Balaban J connectivity index is 2.17. The number of hydrogen-bond donors (Lipinski definition) is 0. The van der Waals surface area contributed by atoms with Gasteiger partial charge in [-0.15, -0.1) is 0 Å². The van der Waals surface area contributed by atoms with Gasteiger partial charge < -0.3 is 9.47 Å². The lowest BCUT2D eigenvalue weighted by atomic mass is 10.2. The van der Waals surface area contributed by atoms with Crippen LogP contribution in [0.3, 0.4) is 0 Å². The zero-order valence-corrected chi connectivity index (χ0v) is 11.5. The molecule has 0 heterocycles. The highest BCUT2D eigenvalue weighted by atomic mass is 16.6. The highest BCUT2D eigenvalue weighted by molar-refractivity contribution is 5.89. The van der Waals surface area contributed by atoms with E-state index in [1.54, 1.807) is 37.3 Å². The molecule has 21 heavy (non-hydrogen) atoms. The SMILES string of the molecule is COC(=O)c1ccc(Oc2ccc([N+](=O)[O-])c(C)c2)cc1. The number of aryl methyl sites for hydroxylation is 1. The number of hydrogen-bond acceptors (Lipinski definition) is 5. The van der Waals surface area contributed by atoms with E-state index in [9.17, 15) is 14.9 Å². The number of carbonyl (C=O) groups excluding carboxylic acids is 1. The van der Waals surface area contributed by atoms with Gasteiger partial charge in [0, 0.05) is 11.6 Å². The first-order valence-electron chi connectivity index (χ1n) is 6.12. The van der Waals surface area contributed by atoms with Crippen LogP contribution < -0.4 is 4.74 Å². The van der Waals surface area contributed by atoms with Crippen LogP contribution in [0.1, 0.15) is 15.9 Å². The van der Waals surface area contributed by atoms with Crippen molar-refractivity contribution in [1.29, 1.82) is 0 Å². The van der Waals surface area contributed by atoms with Crippen molar-refractivity contribution >= 4 is 11.7 Å². The third-order valence-corrected chi connectivity index (χ3v) is 2.88. The van der Waals surface area contributed by atoms with Crippen molar-refractivity contribution in [2.45, 2.75) is 6.92 Å². The lowest BCUT2D eigenvalue weighted by Gasteiger charge is -2.07. The van der Waals surface area contributed by atoms with Crippen molar-refractivity contribution < 1.29 is 19.2 Å². The zero-order chi connectivity index (χ0) is 15.4. The molecule has 0 saturated carbocycles. The van der Waals surface area contributed by atoms with E-state index >= 15 is 0 Å². The largest absolute Gasteiger partial charge is 0.465 e. The summed E-state index contributed by atoms with van der Waals surface area (Å²) in [6.45, 7) is 1.64. The summed E-state index contributed by atoms with van der Waals surface area (Å²) in [6, 6.07) is 10.9. The molecule has 0 fully saturated rings. The third-order valence-electron chi connectivity index (χ3n) is 2.88. The van der Waals surface area contributed by atoms with E-state index in [-0.39, 0.29) is 5.69 Å². The fourth-order valence-electron chi connectivity index (χ4n) is 1.81. The summed E-state index contributed by atoms with van der Waals surface area (Å²) in [7, 11) is 1.31. The minimum atomic E-state index is -0.440. The molecule has 6 nitrogen and oxygen atoms in total. The molecule has 0 aliphatic rings. The lowest BCUT2D eigenvalue weighted by Crippen LogP contribution is -2.00. The Kier molecular flexibility index (Phi) is 4.18. The van der Waals surface area contributed by atoms with Crippen LogP contribution in [0.2, 0.25) is 0 Å². The summed E-state index contributed by atoms with van der Waals surface area (Å²) < 4.78 is 10.2. The first-order chi connectivity index (χ1) is 10.0. The predicted octanol–water partition coefficient (Wildman–Crippen LogP) is 3.48. The molecule has 0 aliphatic carbocycles. The van der Waals surface area contributed by atoms with E-state index in [2.05, 4.69) is 4.74 Å². The summed E-state index contributed by atoms with van der Waals surface area (Å²) in [5, 5.41) is 10.7. The molecule has 2 rings (SSSR count). The molecule has 6 heteroatoms. The van der Waals surface area contributed by atoms with E-state index in [4.69, 9.17) is 4.74 Å². The highest BCUT2D eigenvalue weighted by Gasteiger charge is 2.11. The molecule has 0 aliphatic heterocycles. The topological polar surface area (TPSA) is 78.7 Å². The molecule has 2 aromatic carbocycles. The number of ether oxygens (including phenoxy) is 2. The lowest BCUT2D eigenvalue weighted by molar-refractivity contribution is -0.385. The predicted molar refractivity (Wildman–Crippen MR) is 75.7 cm³/mol. The smallest absolute Gasteiger partial charge is 0.337 e. The van der Waals surface area contributed by atoms with Crippen LogP contribution in [0.5, 0.6) is 11.5 Å². The quantitative estimate of drug-likeness (QED) is 0.488. The molecular weight excluding hydrogens is 274 g/mol. The average molecular weight is 287 g/mol. The first kappa shape index (κ1) is 14.5. The molecule has 0 bridgehead atoms. The second-order valence-electron chi connectivity index (χ2n) is 4.32. The number of benzene rings is 2. The molecule has 0 aromatic heterocycles. The van der Waals surface area contributed by atoms with Crippen LogP contribution in [0.4, 0.5) is 5.69 Å². The van der Waals surface area contributed by atoms with E-state index < -0.39 is 10.9 Å². The molecule has 0 unspecified atom stereocenters. The van der Waals surface area contributed by atoms with Crippen LogP contribution in [0.25, 0.3) is 0 Å². The van der Waals surface area contributed by atoms with Gasteiger partial charge in [-0.1, -0.05) is 0 Å². The number of nitro groups is 1. The number of nitro benzene ring substituents is 1. The van der Waals surface area contributed by atoms with Gasteiger partial charge in [0.15, 0.2) is 0 Å². The summed E-state index contributed by atoms with van der Waals surface area (Å²) in [5.41, 5.74) is 0.983. The summed E-state index contributed by atoms with van der Waals surface area (Å²) in [6.07, 6.45) is 0. The number of esters is 1. The van der Waals surface area contributed by atoms with Crippen molar-refractivity contribution in [3.63, 3.8) is 0 Å². The minimum absolute atomic E-state index is 0.0448. The van der Waals surface area contributed by atoms with Gasteiger partial charge in [0.05, 0.1) is 17.6 Å². The van der Waals surface area contributed by atoms with E-state index in [0.717, 1.165) is 0 Å². The van der Waals surface area contributed by atoms with Crippen LogP contribution in [0.15, 0.2) is 42.5 Å². The average Bonchev–Trinajstić information content (AvgIpc) is 2.47. The van der Waals surface area contributed by atoms with Gasteiger partial charge in [0.1, 0.15) is 11.5 Å². The molecule has 0 amide bonds. The van der Waals surface area contributed by atoms with E-state index in [0.29, 0.717) is 22.6 Å². The van der Waals surface area contributed by atoms with Gasteiger partial charge in [-0.3, -0.25) is 10.1 Å². The standard InChI is InChI=1S/C15H13NO5/c1-10-9-13(7-8-14(10)16(18)19)21-12-5-3-11(4-6-12)15(17)20-2/h3-9H,1-2H3. The molecule has 0 spiro atoms. The Bertz CT molecular complexity index is 679. The minimum Gasteiger partial charge on any atom is -0.465 e.